The molecule has 19 heavy (non-hydrogen) atoms. The van der Waals surface area contributed by atoms with Gasteiger partial charge in [-0.05, 0) is 29.3 Å². The number of hydrogen-bond acceptors (Lipinski definition) is 3. The molecule has 2 N–H and O–H groups in total. The van der Waals surface area contributed by atoms with Crippen LogP contribution in [0.3, 0.4) is 0 Å². The van der Waals surface area contributed by atoms with Gasteiger partial charge in [0.1, 0.15) is 0 Å². The Labute approximate surface area is 108 Å². The van der Waals surface area contributed by atoms with E-state index in [4.69, 9.17) is 0 Å². The van der Waals surface area contributed by atoms with Crippen LogP contribution in [0.5, 0.6) is 0 Å². The number of aromatic amines is 1. The number of aromatic nitrogens is 3. The number of fused-ring (bicyclic) bond motifs is 2. The summed E-state index contributed by atoms with van der Waals surface area (Å²) in [5.74, 6) is 0. The Morgan fingerprint density at radius 1 is 1.16 bits per heavy atom. The van der Waals surface area contributed by atoms with Crippen molar-refractivity contribution in [2.45, 2.75) is 13.1 Å². The predicted octanol–water partition coefficient (Wildman–Crippen LogP) is 1.32. The average Bonchev–Trinajstić information content (AvgIpc) is 3.00. The van der Waals surface area contributed by atoms with Gasteiger partial charge in [0.2, 0.25) is 0 Å². The van der Waals surface area contributed by atoms with Gasteiger partial charge in [0.15, 0.2) is 0 Å². The third kappa shape index (κ3) is 1.52. The van der Waals surface area contributed by atoms with Crippen molar-refractivity contribution < 1.29 is 0 Å². The zero-order valence-electron chi connectivity index (χ0n) is 10.2. The number of hydrogen-bond donors (Lipinski definition) is 2. The Kier molecular flexibility index (Phi) is 2.10. The van der Waals surface area contributed by atoms with Gasteiger partial charge in [0, 0.05) is 19.3 Å². The van der Waals surface area contributed by atoms with E-state index in [2.05, 4.69) is 27.4 Å². The Bertz CT molecular complexity index is 831. The number of nitrogens with one attached hydrogen (secondary N) is 2. The maximum Gasteiger partial charge on any atom is 0.331 e. The van der Waals surface area contributed by atoms with E-state index >= 15 is 0 Å². The van der Waals surface area contributed by atoms with Crippen molar-refractivity contribution >= 4 is 11.0 Å². The Balaban J connectivity index is 2.00. The maximum atomic E-state index is 12.1. The van der Waals surface area contributed by atoms with Crippen LogP contribution in [0.15, 0.2) is 41.5 Å². The molecule has 3 aromatic rings. The zero-order valence-corrected chi connectivity index (χ0v) is 10.2. The second-order valence-electron chi connectivity index (χ2n) is 4.71. The summed E-state index contributed by atoms with van der Waals surface area (Å²) < 4.78 is 1.69. The van der Waals surface area contributed by atoms with Crippen LogP contribution in [0.1, 0.15) is 11.1 Å². The highest BCUT2D eigenvalue weighted by atomic mass is 16.1. The fourth-order valence-corrected chi connectivity index (χ4v) is 2.64. The number of benzene rings is 1. The molecule has 4 rings (SSSR count). The summed E-state index contributed by atoms with van der Waals surface area (Å²) in [5.41, 5.74) is 4.93. The second kappa shape index (κ2) is 3.80. The number of H-pyrrole nitrogens is 1. The number of rotatable bonds is 1. The largest absolute Gasteiger partial charge is 0.331 e. The molecule has 0 amide bonds. The number of pyridine rings is 1. The molecule has 1 aliphatic rings. The first kappa shape index (κ1) is 10.5. The van der Waals surface area contributed by atoms with Crippen molar-refractivity contribution in [1.82, 2.24) is 19.9 Å². The topological polar surface area (TPSA) is 62.7 Å². The van der Waals surface area contributed by atoms with E-state index in [0.29, 0.717) is 0 Å². The summed E-state index contributed by atoms with van der Waals surface area (Å²) in [4.78, 5) is 19.0. The van der Waals surface area contributed by atoms with Gasteiger partial charge >= 0.3 is 5.69 Å². The highest BCUT2D eigenvalue weighted by molar-refractivity contribution is 5.76. The summed E-state index contributed by atoms with van der Waals surface area (Å²) in [6.45, 7) is 1.77. The lowest BCUT2D eigenvalue weighted by molar-refractivity contribution is 0.764. The molecular formula is C14H12N4O. The van der Waals surface area contributed by atoms with Crippen LogP contribution in [0.2, 0.25) is 0 Å². The smallest absolute Gasteiger partial charge is 0.309 e. The first-order chi connectivity index (χ1) is 9.33. The number of nitrogens with zero attached hydrogens (tertiary/aromatic N) is 2. The molecule has 0 saturated carbocycles. The van der Waals surface area contributed by atoms with E-state index in [1.807, 2.05) is 12.1 Å². The van der Waals surface area contributed by atoms with Crippen LogP contribution in [-0.4, -0.2) is 14.5 Å². The molecule has 0 radical (unpaired) electrons. The van der Waals surface area contributed by atoms with Gasteiger partial charge in [-0.1, -0.05) is 6.07 Å². The van der Waals surface area contributed by atoms with Gasteiger partial charge < -0.3 is 10.3 Å². The van der Waals surface area contributed by atoms with Crippen LogP contribution in [0.4, 0.5) is 0 Å². The first-order valence-electron chi connectivity index (χ1n) is 6.20. The summed E-state index contributed by atoms with van der Waals surface area (Å²) in [6, 6.07) is 7.99. The van der Waals surface area contributed by atoms with Crippen LogP contribution < -0.4 is 11.0 Å². The fraction of sp³-hybridized carbons (Fsp3) is 0.143. The van der Waals surface area contributed by atoms with E-state index in [-0.39, 0.29) is 5.69 Å². The number of imidazole rings is 1. The van der Waals surface area contributed by atoms with E-state index in [1.165, 1.54) is 11.1 Å². The monoisotopic (exact) mass is 252 g/mol. The van der Waals surface area contributed by atoms with Crippen molar-refractivity contribution in [3.8, 4) is 5.69 Å². The zero-order chi connectivity index (χ0) is 12.8. The summed E-state index contributed by atoms with van der Waals surface area (Å²) in [6.07, 6.45) is 3.36. The van der Waals surface area contributed by atoms with Gasteiger partial charge in [0.05, 0.1) is 22.9 Å². The molecule has 94 valence electrons. The SMILES string of the molecule is O=c1[nH]c2cnccc2n1-c1ccc2c(c1)CNC2. The van der Waals surface area contributed by atoms with Gasteiger partial charge in [0.25, 0.3) is 0 Å². The maximum absolute atomic E-state index is 12.1. The normalized spacial score (nSPS) is 13.9. The van der Waals surface area contributed by atoms with Crippen LogP contribution in [-0.2, 0) is 13.1 Å². The summed E-state index contributed by atoms with van der Waals surface area (Å²) >= 11 is 0. The van der Waals surface area contributed by atoms with Crippen molar-refractivity contribution in [2.24, 2.45) is 0 Å². The molecule has 0 unspecified atom stereocenters. The molecule has 3 heterocycles. The van der Waals surface area contributed by atoms with E-state index in [0.717, 1.165) is 29.8 Å². The van der Waals surface area contributed by atoms with Gasteiger partial charge in [-0.3, -0.25) is 9.55 Å². The molecule has 0 fully saturated rings. The van der Waals surface area contributed by atoms with Crippen molar-refractivity contribution in [3.05, 3.63) is 58.3 Å². The van der Waals surface area contributed by atoms with E-state index < -0.39 is 0 Å². The predicted molar refractivity (Wildman–Crippen MR) is 72.2 cm³/mol. The molecule has 1 aromatic carbocycles. The molecule has 0 saturated heterocycles. The molecule has 0 atom stereocenters. The first-order valence-corrected chi connectivity index (χ1v) is 6.20. The summed E-state index contributed by atoms with van der Waals surface area (Å²) in [7, 11) is 0. The van der Waals surface area contributed by atoms with Gasteiger partial charge in [-0.15, -0.1) is 0 Å². The molecule has 0 spiro atoms. The molecule has 1 aliphatic heterocycles. The lowest BCUT2D eigenvalue weighted by Crippen LogP contribution is -2.14. The third-order valence-corrected chi connectivity index (χ3v) is 3.56. The lowest BCUT2D eigenvalue weighted by Gasteiger charge is -2.05. The van der Waals surface area contributed by atoms with Gasteiger partial charge in [-0.2, -0.15) is 0 Å². The Morgan fingerprint density at radius 2 is 2.05 bits per heavy atom. The molecule has 0 bridgehead atoms. The van der Waals surface area contributed by atoms with E-state index in [1.54, 1.807) is 17.0 Å². The quantitative estimate of drug-likeness (QED) is 0.686. The van der Waals surface area contributed by atoms with Crippen LogP contribution >= 0.6 is 0 Å². The van der Waals surface area contributed by atoms with Crippen molar-refractivity contribution in [3.63, 3.8) is 0 Å². The highest BCUT2D eigenvalue weighted by Gasteiger charge is 2.13. The average molecular weight is 252 g/mol. The summed E-state index contributed by atoms with van der Waals surface area (Å²) in [5, 5.41) is 3.31. The Hall–Kier alpha value is -2.40. The third-order valence-electron chi connectivity index (χ3n) is 3.56. The highest BCUT2D eigenvalue weighted by Crippen LogP contribution is 2.21. The minimum atomic E-state index is -0.131. The molecular weight excluding hydrogens is 240 g/mol. The lowest BCUT2D eigenvalue weighted by atomic mass is 10.1. The molecule has 0 aliphatic carbocycles. The minimum absolute atomic E-state index is 0.131. The van der Waals surface area contributed by atoms with Crippen molar-refractivity contribution in [1.29, 1.82) is 0 Å². The van der Waals surface area contributed by atoms with Gasteiger partial charge in [-0.25, -0.2) is 4.79 Å². The molecule has 2 aromatic heterocycles. The van der Waals surface area contributed by atoms with Crippen molar-refractivity contribution in [2.75, 3.05) is 0 Å². The second-order valence-corrected chi connectivity index (χ2v) is 4.71. The van der Waals surface area contributed by atoms with Crippen LogP contribution in [0, 0.1) is 0 Å². The van der Waals surface area contributed by atoms with E-state index in [9.17, 15) is 4.79 Å². The Morgan fingerprint density at radius 3 is 3.00 bits per heavy atom. The standard InChI is InChI=1S/C14H12N4O/c19-14-17-12-8-15-4-3-13(12)18(14)11-2-1-9-6-16-7-10(9)5-11/h1-5,8,16H,6-7H2,(H,17,19). The molecule has 5 nitrogen and oxygen atoms in total. The molecule has 5 heteroatoms. The fourth-order valence-electron chi connectivity index (χ4n) is 2.64. The minimum Gasteiger partial charge on any atom is -0.309 e. The van der Waals surface area contributed by atoms with Crippen LogP contribution in [0.25, 0.3) is 16.7 Å².